The van der Waals surface area contributed by atoms with Crippen LogP contribution in [0.15, 0.2) is 241 Å². The largest absolute Gasteiger partial charge is 0.455 e. The van der Waals surface area contributed by atoms with E-state index < -0.39 is 0 Å². The quantitative estimate of drug-likeness (QED) is 0.153. The van der Waals surface area contributed by atoms with E-state index in [2.05, 4.69) is 212 Å². The summed E-state index contributed by atoms with van der Waals surface area (Å²) in [6.07, 6.45) is 0. The van der Waals surface area contributed by atoms with Gasteiger partial charge in [0, 0.05) is 33.0 Å². The number of hydrogen-bond acceptors (Lipinski definition) is 4. The van der Waals surface area contributed by atoms with Crippen molar-refractivity contribution in [1.29, 1.82) is 0 Å². The molecule has 304 valence electrons. The highest BCUT2D eigenvalue weighted by Crippen LogP contribution is 2.41. The maximum absolute atomic E-state index is 6.81. The Morgan fingerprint density at radius 1 is 0.262 bits per heavy atom. The molecule has 12 aromatic rings. The molecule has 0 radical (unpaired) electrons. The third-order valence-electron chi connectivity index (χ3n) is 12.4. The van der Waals surface area contributed by atoms with Crippen LogP contribution in [-0.2, 0) is 0 Å². The molecule has 0 aliphatic rings. The number of fused-ring (bicyclic) bond motifs is 4. The van der Waals surface area contributed by atoms with Crippen LogP contribution >= 0.6 is 0 Å². The maximum Gasteiger partial charge on any atom is 0.164 e. The number of nitrogens with zero attached hydrogens (tertiary/aromatic N) is 3. The minimum absolute atomic E-state index is 0.579. The maximum atomic E-state index is 6.81. The first-order valence-electron chi connectivity index (χ1n) is 21.9. The van der Waals surface area contributed by atoms with Crippen LogP contribution in [-0.4, -0.2) is 15.0 Å². The van der Waals surface area contributed by atoms with Crippen LogP contribution in [0.25, 0.3) is 123 Å². The fourth-order valence-corrected chi connectivity index (χ4v) is 9.09. The SMILES string of the molecule is c1ccc(-c2ccc(-c3cccc(-c4cccc5c4oc4cccc(-c6nc(-c7ccc(-c8ccccc8)cc7)nc(-c7ccc(-c8cccc9ccccc89)cc7)n6)c45)c3)cc2)cc1. The van der Waals surface area contributed by atoms with Gasteiger partial charge >= 0.3 is 0 Å². The zero-order valence-corrected chi connectivity index (χ0v) is 35.3. The summed E-state index contributed by atoms with van der Waals surface area (Å²) in [6, 6.07) is 82.9. The minimum atomic E-state index is 0.579. The van der Waals surface area contributed by atoms with Gasteiger partial charge in [0.1, 0.15) is 11.2 Å². The van der Waals surface area contributed by atoms with Crippen molar-refractivity contribution in [2.24, 2.45) is 0 Å². The van der Waals surface area contributed by atoms with E-state index in [1.165, 1.54) is 27.5 Å². The van der Waals surface area contributed by atoms with Gasteiger partial charge in [0.2, 0.25) is 0 Å². The number of rotatable bonds is 8. The molecule has 65 heavy (non-hydrogen) atoms. The lowest BCUT2D eigenvalue weighted by Gasteiger charge is -2.11. The van der Waals surface area contributed by atoms with E-state index in [1.807, 2.05) is 24.3 Å². The number of furan rings is 1. The van der Waals surface area contributed by atoms with Crippen LogP contribution in [0.5, 0.6) is 0 Å². The Morgan fingerprint density at radius 3 is 1.37 bits per heavy atom. The van der Waals surface area contributed by atoms with E-state index in [0.29, 0.717) is 17.5 Å². The second kappa shape index (κ2) is 16.2. The summed E-state index contributed by atoms with van der Waals surface area (Å²) in [7, 11) is 0. The van der Waals surface area contributed by atoms with Crippen molar-refractivity contribution in [3.05, 3.63) is 237 Å². The van der Waals surface area contributed by atoms with Crippen LogP contribution in [0, 0.1) is 0 Å². The van der Waals surface area contributed by atoms with E-state index >= 15 is 0 Å². The molecule has 4 nitrogen and oxygen atoms in total. The number of aromatic nitrogens is 3. The highest BCUT2D eigenvalue weighted by atomic mass is 16.3. The van der Waals surface area contributed by atoms with Gasteiger partial charge in [0.05, 0.1) is 0 Å². The monoisotopic (exact) mass is 829 g/mol. The van der Waals surface area contributed by atoms with Crippen LogP contribution in [0.2, 0.25) is 0 Å². The van der Waals surface area contributed by atoms with Crippen molar-refractivity contribution in [2.75, 3.05) is 0 Å². The van der Waals surface area contributed by atoms with Gasteiger partial charge in [-0.15, -0.1) is 0 Å². The molecule has 0 bridgehead atoms. The highest BCUT2D eigenvalue weighted by molar-refractivity contribution is 6.15. The molecule has 0 N–H and O–H groups in total. The summed E-state index contributed by atoms with van der Waals surface area (Å²) in [6.45, 7) is 0. The molecule has 0 unspecified atom stereocenters. The predicted octanol–water partition coefficient (Wildman–Crippen LogP) is 16.3. The molecule has 12 rings (SSSR count). The Balaban J connectivity index is 0.962. The fourth-order valence-electron chi connectivity index (χ4n) is 9.09. The van der Waals surface area contributed by atoms with Crippen LogP contribution in [0.3, 0.4) is 0 Å². The Kier molecular flexibility index (Phi) is 9.46. The minimum Gasteiger partial charge on any atom is -0.455 e. The second-order valence-corrected chi connectivity index (χ2v) is 16.3. The zero-order valence-electron chi connectivity index (χ0n) is 35.3. The molecule has 2 heterocycles. The summed E-state index contributed by atoms with van der Waals surface area (Å²) in [4.78, 5) is 15.6. The van der Waals surface area contributed by atoms with Gasteiger partial charge in [-0.05, 0) is 73.0 Å². The topological polar surface area (TPSA) is 51.8 Å². The molecule has 0 amide bonds. The highest BCUT2D eigenvalue weighted by Gasteiger charge is 2.20. The first-order chi connectivity index (χ1) is 32.2. The van der Waals surface area contributed by atoms with Crippen LogP contribution < -0.4 is 0 Å². The molecule has 0 fully saturated rings. The summed E-state index contributed by atoms with van der Waals surface area (Å²) in [5.41, 5.74) is 15.7. The molecule has 0 saturated carbocycles. The second-order valence-electron chi connectivity index (χ2n) is 16.3. The molecule has 0 aliphatic heterocycles. The molecule has 10 aromatic carbocycles. The summed E-state index contributed by atoms with van der Waals surface area (Å²) >= 11 is 0. The Morgan fingerprint density at radius 2 is 0.692 bits per heavy atom. The number of para-hydroxylation sites is 1. The Bertz CT molecular complexity index is 3670. The normalized spacial score (nSPS) is 11.4. The molecule has 0 atom stereocenters. The summed E-state index contributed by atoms with van der Waals surface area (Å²) < 4.78 is 6.81. The number of hydrogen-bond donors (Lipinski definition) is 0. The third-order valence-corrected chi connectivity index (χ3v) is 12.4. The lowest BCUT2D eigenvalue weighted by Crippen LogP contribution is -2.00. The van der Waals surface area contributed by atoms with Crippen molar-refractivity contribution >= 4 is 32.7 Å². The van der Waals surface area contributed by atoms with Gasteiger partial charge in [-0.1, -0.05) is 224 Å². The van der Waals surface area contributed by atoms with E-state index in [4.69, 9.17) is 19.4 Å². The van der Waals surface area contributed by atoms with Gasteiger partial charge in [0.25, 0.3) is 0 Å². The van der Waals surface area contributed by atoms with Crippen LogP contribution in [0.4, 0.5) is 0 Å². The molecular formula is C61H39N3O. The summed E-state index contributed by atoms with van der Waals surface area (Å²) in [5, 5.41) is 4.40. The van der Waals surface area contributed by atoms with E-state index in [-0.39, 0.29) is 0 Å². The first-order valence-corrected chi connectivity index (χ1v) is 21.9. The van der Waals surface area contributed by atoms with E-state index in [0.717, 1.165) is 77.6 Å². The van der Waals surface area contributed by atoms with Crippen molar-refractivity contribution in [1.82, 2.24) is 15.0 Å². The van der Waals surface area contributed by atoms with E-state index in [9.17, 15) is 0 Å². The molecular weight excluding hydrogens is 791 g/mol. The van der Waals surface area contributed by atoms with Crippen molar-refractivity contribution in [3.8, 4) is 89.8 Å². The van der Waals surface area contributed by atoms with Gasteiger partial charge in [-0.3, -0.25) is 0 Å². The first kappa shape index (κ1) is 38.0. The third kappa shape index (κ3) is 7.13. The van der Waals surface area contributed by atoms with Crippen molar-refractivity contribution in [3.63, 3.8) is 0 Å². The van der Waals surface area contributed by atoms with Gasteiger partial charge < -0.3 is 4.42 Å². The molecule has 0 aliphatic carbocycles. The van der Waals surface area contributed by atoms with Crippen molar-refractivity contribution in [2.45, 2.75) is 0 Å². The molecule has 0 spiro atoms. The Hall–Kier alpha value is -8.73. The van der Waals surface area contributed by atoms with Crippen LogP contribution in [0.1, 0.15) is 0 Å². The predicted molar refractivity (Wildman–Crippen MR) is 268 cm³/mol. The Labute approximate surface area is 376 Å². The lowest BCUT2D eigenvalue weighted by atomic mass is 9.96. The average molecular weight is 830 g/mol. The van der Waals surface area contributed by atoms with E-state index in [1.54, 1.807) is 0 Å². The average Bonchev–Trinajstić information content (AvgIpc) is 3.78. The molecule has 2 aromatic heterocycles. The van der Waals surface area contributed by atoms with Gasteiger partial charge in [-0.2, -0.15) is 0 Å². The standard InChI is InChI=1S/C61H39N3O/c1-3-13-40(14-4-1)42-27-29-44(30-28-42)49-19-9-20-50(39-49)53-23-11-24-54-57-55(25-12-26-56(57)65-58(53)54)61-63-59(47-35-31-43(32-36-47)41-15-5-2-6-16-41)62-60(64-61)48-37-33-46(34-38-48)52-22-10-18-45-17-7-8-21-51(45)52/h1-39H. The molecule has 4 heteroatoms. The smallest absolute Gasteiger partial charge is 0.164 e. The van der Waals surface area contributed by atoms with Gasteiger partial charge in [0.15, 0.2) is 17.5 Å². The fraction of sp³-hybridized carbons (Fsp3) is 0. The number of benzene rings is 10. The molecule has 0 saturated heterocycles. The van der Waals surface area contributed by atoms with Crippen molar-refractivity contribution < 1.29 is 4.42 Å². The van der Waals surface area contributed by atoms with Gasteiger partial charge in [-0.25, -0.2) is 15.0 Å². The zero-order chi connectivity index (χ0) is 43.1. The lowest BCUT2D eigenvalue weighted by molar-refractivity contribution is 0.670. The summed E-state index contributed by atoms with van der Waals surface area (Å²) in [5.74, 6) is 1.78.